The molecule has 0 fully saturated rings. The molecule has 0 radical (unpaired) electrons. The maximum absolute atomic E-state index is 5.56. The second kappa shape index (κ2) is 5.65. The van der Waals surface area contributed by atoms with Crippen molar-refractivity contribution < 1.29 is 14.2 Å². The summed E-state index contributed by atoms with van der Waals surface area (Å²) in [5.74, 6) is 1.63. The Morgan fingerprint density at radius 2 is 2.12 bits per heavy atom. The standard InChI is InChI=1S/C12H16N2O3/c1-15-12(16-2)7-13-11-8-17-10-6-4-3-5-9(10)14-11/h3-6,12H,7-8H2,1-2H3,(H,13,14). The molecule has 0 aromatic heterocycles. The maximum Gasteiger partial charge on any atom is 0.176 e. The number of ether oxygens (including phenoxy) is 3. The van der Waals surface area contributed by atoms with Crippen LogP contribution in [0.4, 0.5) is 5.69 Å². The van der Waals surface area contributed by atoms with Gasteiger partial charge in [-0.15, -0.1) is 0 Å². The van der Waals surface area contributed by atoms with E-state index in [9.17, 15) is 0 Å². The molecule has 92 valence electrons. The third-order valence-electron chi connectivity index (χ3n) is 2.49. The van der Waals surface area contributed by atoms with Gasteiger partial charge in [-0.05, 0) is 12.1 Å². The smallest absolute Gasteiger partial charge is 0.176 e. The third-order valence-corrected chi connectivity index (χ3v) is 2.49. The minimum absolute atomic E-state index is 0.318. The van der Waals surface area contributed by atoms with Crippen molar-refractivity contribution in [3.63, 3.8) is 0 Å². The molecule has 1 N–H and O–H groups in total. The Morgan fingerprint density at radius 1 is 1.35 bits per heavy atom. The van der Waals surface area contributed by atoms with E-state index in [1.54, 1.807) is 14.2 Å². The van der Waals surface area contributed by atoms with E-state index in [4.69, 9.17) is 14.2 Å². The zero-order valence-electron chi connectivity index (χ0n) is 9.97. The average molecular weight is 236 g/mol. The number of benzene rings is 1. The van der Waals surface area contributed by atoms with Gasteiger partial charge in [-0.25, -0.2) is 0 Å². The molecule has 0 saturated carbocycles. The lowest BCUT2D eigenvalue weighted by Gasteiger charge is -2.21. The molecule has 0 saturated heterocycles. The topological polar surface area (TPSA) is 52.1 Å². The van der Waals surface area contributed by atoms with Crippen LogP contribution in [0.3, 0.4) is 0 Å². The summed E-state index contributed by atoms with van der Waals surface area (Å²) in [5.41, 5.74) is 0.934. The van der Waals surface area contributed by atoms with Crippen LogP contribution in [0, 0.1) is 0 Å². The number of nitrogens with one attached hydrogen (secondary N) is 1. The molecule has 1 aliphatic rings. The van der Waals surface area contributed by atoms with Gasteiger partial charge in [0.05, 0.1) is 12.2 Å². The molecule has 5 heteroatoms. The summed E-state index contributed by atoms with van der Waals surface area (Å²) in [6.07, 6.45) is -0.318. The van der Waals surface area contributed by atoms with Crippen molar-refractivity contribution in [2.24, 2.45) is 4.99 Å². The molecule has 5 nitrogen and oxygen atoms in total. The lowest BCUT2D eigenvalue weighted by Crippen LogP contribution is -2.28. The van der Waals surface area contributed by atoms with Gasteiger partial charge in [0.15, 0.2) is 6.29 Å². The number of hydrogen-bond acceptors (Lipinski definition) is 4. The molecule has 1 aliphatic heterocycles. The molecule has 2 rings (SSSR count). The van der Waals surface area contributed by atoms with Gasteiger partial charge in [-0.1, -0.05) is 12.1 Å². The molecule has 0 atom stereocenters. The van der Waals surface area contributed by atoms with Crippen LogP contribution in [0.2, 0.25) is 0 Å². The van der Waals surface area contributed by atoms with Crippen LogP contribution < -0.4 is 10.1 Å². The Labute approximate surface area is 100 Å². The minimum Gasteiger partial charge on any atom is -0.484 e. The monoisotopic (exact) mass is 236 g/mol. The molecule has 0 aliphatic carbocycles. The molecule has 0 bridgehead atoms. The Morgan fingerprint density at radius 3 is 2.88 bits per heavy atom. The summed E-state index contributed by atoms with van der Waals surface area (Å²) in [7, 11) is 3.18. The zero-order valence-corrected chi connectivity index (χ0v) is 9.97. The number of nitrogens with zero attached hydrogens (tertiary/aromatic N) is 1. The highest BCUT2D eigenvalue weighted by Crippen LogP contribution is 2.26. The van der Waals surface area contributed by atoms with Crippen LogP contribution >= 0.6 is 0 Å². The van der Waals surface area contributed by atoms with E-state index in [1.807, 2.05) is 24.3 Å². The fraction of sp³-hybridized carbons (Fsp3) is 0.417. The van der Waals surface area contributed by atoms with Crippen LogP contribution in [-0.2, 0) is 9.47 Å². The van der Waals surface area contributed by atoms with Gasteiger partial charge in [-0.3, -0.25) is 4.99 Å². The Kier molecular flexibility index (Phi) is 3.95. The summed E-state index contributed by atoms with van der Waals surface area (Å²) in [6, 6.07) is 7.76. The number of amidine groups is 1. The second-order valence-corrected chi connectivity index (χ2v) is 3.60. The van der Waals surface area contributed by atoms with Gasteiger partial charge in [-0.2, -0.15) is 0 Å². The molecular formula is C12H16N2O3. The highest BCUT2D eigenvalue weighted by molar-refractivity contribution is 5.99. The van der Waals surface area contributed by atoms with E-state index in [1.165, 1.54) is 0 Å². The number of methoxy groups -OCH3 is 2. The molecule has 1 aromatic rings. The van der Waals surface area contributed by atoms with Crippen molar-refractivity contribution in [2.75, 3.05) is 32.7 Å². The lowest BCUT2D eigenvalue weighted by molar-refractivity contribution is -0.0937. The summed E-state index contributed by atoms with van der Waals surface area (Å²) in [4.78, 5) is 4.35. The predicted octanol–water partition coefficient (Wildman–Crippen LogP) is 1.51. The number of fused-ring (bicyclic) bond motifs is 1. The lowest BCUT2D eigenvalue weighted by atomic mass is 10.2. The summed E-state index contributed by atoms with van der Waals surface area (Å²) >= 11 is 0. The number of hydrogen-bond donors (Lipinski definition) is 1. The van der Waals surface area contributed by atoms with Crippen molar-refractivity contribution in [3.8, 4) is 5.75 Å². The first-order valence-electron chi connectivity index (χ1n) is 5.41. The van der Waals surface area contributed by atoms with Crippen molar-refractivity contribution in [3.05, 3.63) is 24.3 Å². The largest absolute Gasteiger partial charge is 0.484 e. The van der Waals surface area contributed by atoms with Crippen molar-refractivity contribution >= 4 is 11.5 Å². The van der Waals surface area contributed by atoms with E-state index in [0.29, 0.717) is 13.2 Å². The van der Waals surface area contributed by atoms with Gasteiger partial charge in [0.1, 0.15) is 18.2 Å². The van der Waals surface area contributed by atoms with Crippen molar-refractivity contribution in [1.29, 1.82) is 0 Å². The molecule has 1 heterocycles. The van der Waals surface area contributed by atoms with E-state index >= 15 is 0 Å². The van der Waals surface area contributed by atoms with Gasteiger partial charge in [0.2, 0.25) is 0 Å². The zero-order chi connectivity index (χ0) is 12.1. The first-order chi connectivity index (χ1) is 8.33. The summed E-state index contributed by atoms with van der Waals surface area (Å²) in [6.45, 7) is 0.887. The van der Waals surface area contributed by atoms with E-state index in [0.717, 1.165) is 17.3 Å². The summed E-state index contributed by atoms with van der Waals surface area (Å²) < 4.78 is 15.7. The number of para-hydroxylation sites is 2. The molecule has 0 spiro atoms. The van der Waals surface area contributed by atoms with Crippen LogP contribution in [0.25, 0.3) is 0 Å². The van der Waals surface area contributed by atoms with Crippen LogP contribution in [0.5, 0.6) is 5.75 Å². The number of anilines is 1. The third kappa shape index (κ3) is 2.95. The Balaban J connectivity index is 2.00. The van der Waals surface area contributed by atoms with E-state index in [-0.39, 0.29) is 6.29 Å². The van der Waals surface area contributed by atoms with Crippen molar-refractivity contribution in [1.82, 2.24) is 0 Å². The fourth-order valence-corrected chi connectivity index (χ4v) is 1.55. The first-order valence-corrected chi connectivity index (χ1v) is 5.41. The van der Waals surface area contributed by atoms with Crippen molar-refractivity contribution in [2.45, 2.75) is 6.29 Å². The number of aliphatic imine (C=N–C) groups is 1. The van der Waals surface area contributed by atoms with Gasteiger partial charge < -0.3 is 19.5 Å². The molecule has 1 aromatic carbocycles. The second-order valence-electron chi connectivity index (χ2n) is 3.60. The van der Waals surface area contributed by atoms with Crippen LogP contribution in [-0.4, -0.2) is 39.5 Å². The van der Waals surface area contributed by atoms with Gasteiger partial charge in [0.25, 0.3) is 0 Å². The summed E-state index contributed by atoms with van der Waals surface area (Å²) in [5, 5.41) is 3.21. The average Bonchev–Trinajstić information content (AvgIpc) is 2.40. The SMILES string of the molecule is COC(CN=C1COc2ccccc2N1)OC. The maximum atomic E-state index is 5.56. The molecule has 0 unspecified atom stereocenters. The normalized spacial score (nSPS) is 16.5. The Bertz CT molecular complexity index is 402. The quantitative estimate of drug-likeness (QED) is 0.805. The number of rotatable bonds is 4. The first kappa shape index (κ1) is 11.9. The predicted molar refractivity (Wildman–Crippen MR) is 65.7 cm³/mol. The van der Waals surface area contributed by atoms with Gasteiger partial charge >= 0.3 is 0 Å². The van der Waals surface area contributed by atoms with E-state index < -0.39 is 0 Å². The highest BCUT2D eigenvalue weighted by Gasteiger charge is 2.14. The molecule has 0 amide bonds. The van der Waals surface area contributed by atoms with Crippen LogP contribution in [0.1, 0.15) is 0 Å². The Hall–Kier alpha value is -1.59. The molecular weight excluding hydrogens is 220 g/mol. The molecule has 17 heavy (non-hydrogen) atoms. The minimum atomic E-state index is -0.318. The fourth-order valence-electron chi connectivity index (χ4n) is 1.55. The highest BCUT2D eigenvalue weighted by atomic mass is 16.7. The van der Waals surface area contributed by atoms with Gasteiger partial charge in [0, 0.05) is 14.2 Å². The van der Waals surface area contributed by atoms with Crippen LogP contribution in [0.15, 0.2) is 29.3 Å². The van der Waals surface area contributed by atoms with E-state index in [2.05, 4.69) is 10.3 Å².